The molecule has 3 rings (SSSR count). The van der Waals surface area contributed by atoms with Crippen LogP contribution in [0.15, 0.2) is 18.2 Å². The predicted molar refractivity (Wildman–Crippen MR) is 72.8 cm³/mol. The van der Waals surface area contributed by atoms with Crippen LogP contribution in [0.1, 0.15) is 13.3 Å². The average Bonchev–Trinajstić information content (AvgIpc) is 2.81. The monoisotopic (exact) mass is 246 g/mol. The Hall–Kier alpha value is -1.75. The topological polar surface area (TPSA) is 67.2 Å². The number of ether oxygens (including phenoxy) is 1. The number of anilines is 2. The van der Waals surface area contributed by atoms with Gasteiger partial charge in [-0.2, -0.15) is 0 Å². The molecule has 5 nitrogen and oxygen atoms in total. The number of fused-ring (bicyclic) bond motifs is 1. The van der Waals surface area contributed by atoms with Gasteiger partial charge in [0.2, 0.25) is 5.95 Å². The molecule has 0 saturated carbocycles. The van der Waals surface area contributed by atoms with Crippen LogP contribution in [0.3, 0.4) is 0 Å². The van der Waals surface area contributed by atoms with Gasteiger partial charge in [0.05, 0.1) is 23.7 Å². The minimum absolute atomic E-state index is 0.303. The minimum Gasteiger partial charge on any atom is -0.399 e. The summed E-state index contributed by atoms with van der Waals surface area (Å²) >= 11 is 0. The van der Waals surface area contributed by atoms with Gasteiger partial charge in [-0.1, -0.05) is 6.92 Å². The Kier molecular flexibility index (Phi) is 2.83. The smallest absolute Gasteiger partial charge is 0.204 e. The fraction of sp³-hybridized carbons (Fsp3) is 0.462. The van der Waals surface area contributed by atoms with Crippen molar-refractivity contribution in [1.29, 1.82) is 0 Å². The molecular formula is C13H18N4O. The molecule has 1 aromatic heterocycles. The van der Waals surface area contributed by atoms with E-state index in [1.165, 1.54) is 0 Å². The number of hydrogen-bond donors (Lipinski definition) is 2. The van der Waals surface area contributed by atoms with Gasteiger partial charge >= 0.3 is 0 Å². The molecule has 1 aliphatic heterocycles. The molecule has 2 heterocycles. The highest BCUT2D eigenvalue weighted by atomic mass is 16.5. The summed E-state index contributed by atoms with van der Waals surface area (Å²) < 4.78 is 5.67. The highest BCUT2D eigenvalue weighted by Gasteiger charge is 2.21. The predicted octanol–water partition coefficient (Wildman–Crippen LogP) is 1.76. The van der Waals surface area contributed by atoms with Crippen LogP contribution in [0.4, 0.5) is 11.6 Å². The number of H-pyrrole nitrogens is 1. The van der Waals surface area contributed by atoms with Crippen molar-refractivity contribution in [3.8, 4) is 0 Å². The van der Waals surface area contributed by atoms with E-state index in [-0.39, 0.29) is 0 Å². The Morgan fingerprint density at radius 3 is 3.28 bits per heavy atom. The van der Waals surface area contributed by atoms with E-state index in [1.54, 1.807) is 0 Å². The van der Waals surface area contributed by atoms with Crippen molar-refractivity contribution in [2.45, 2.75) is 19.4 Å². The number of nitrogens with one attached hydrogen (secondary N) is 1. The summed E-state index contributed by atoms with van der Waals surface area (Å²) in [6.07, 6.45) is 1.33. The SMILES string of the molecule is CCC1CN(c2nc3ccc(N)cc3[nH]2)CCO1. The van der Waals surface area contributed by atoms with Crippen molar-refractivity contribution < 1.29 is 4.74 Å². The van der Waals surface area contributed by atoms with Gasteiger partial charge in [0, 0.05) is 18.8 Å². The van der Waals surface area contributed by atoms with Crippen molar-refractivity contribution in [1.82, 2.24) is 9.97 Å². The molecule has 1 fully saturated rings. The maximum Gasteiger partial charge on any atom is 0.204 e. The van der Waals surface area contributed by atoms with E-state index in [1.807, 2.05) is 18.2 Å². The van der Waals surface area contributed by atoms with Crippen molar-refractivity contribution in [2.75, 3.05) is 30.3 Å². The third-order valence-corrected chi connectivity index (χ3v) is 3.39. The zero-order chi connectivity index (χ0) is 12.5. The van der Waals surface area contributed by atoms with Crippen LogP contribution in [0, 0.1) is 0 Å². The number of rotatable bonds is 2. The number of aromatic nitrogens is 2. The molecule has 5 heteroatoms. The van der Waals surface area contributed by atoms with Crippen LogP contribution in [-0.2, 0) is 4.74 Å². The number of morpholine rings is 1. The summed E-state index contributed by atoms with van der Waals surface area (Å²) in [7, 11) is 0. The third-order valence-electron chi connectivity index (χ3n) is 3.39. The Morgan fingerprint density at radius 2 is 2.44 bits per heavy atom. The van der Waals surface area contributed by atoms with Crippen LogP contribution < -0.4 is 10.6 Å². The second-order valence-electron chi connectivity index (χ2n) is 4.68. The molecule has 0 radical (unpaired) electrons. The molecule has 1 aliphatic rings. The van der Waals surface area contributed by atoms with Gasteiger partial charge in [0.1, 0.15) is 0 Å². The van der Waals surface area contributed by atoms with E-state index >= 15 is 0 Å². The van der Waals surface area contributed by atoms with Crippen LogP contribution in [0.2, 0.25) is 0 Å². The average molecular weight is 246 g/mol. The molecule has 2 aromatic rings. The molecule has 96 valence electrons. The Morgan fingerprint density at radius 1 is 1.56 bits per heavy atom. The molecule has 0 amide bonds. The molecular weight excluding hydrogens is 228 g/mol. The first-order chi connectivity index (χ1) is 8.76. The van der Waals surface area contributed by atoms with E-state index in [4.69, 9.17) is 10.5 Å². The number of nitrogens with two attached hydrogens (primary N) is 1. The summed E-state index contributed by atoms with van der Waals surface area (Å²) in [5.41, 5.74) is 8.48. The third kappa shape index (κ3) is 2.01. The quantitative estimate of drug-likeness (QED) is 0.792. The molecule has 1 aromatic carbocycles. The van der Waals surface area contributed by atoms with E-state index in [0.717, 1.165) is 48.8 Å². The lowest BCUT2D eigenvalue weighted by molar-refractivity contribution is 0.0379. The molecule has 0 aliphatic carbocycles. The number of benzene rings is 1. The number of hydrogen-bond acceptors (Lipinski definition) is 4. The van der Waals surface area contributed by atoms with Gasteiger partial charge in [-0.15, -0.1) is 0 Å². The Bertz CT molecular complexity index is 551. The van der Waals surface area contributed by atoms with Crippen LogP contribution in [-0.4, -0.2) is 35.8 Å². The highest BCUT2D eigenvalue weighted by molar-refractivity contribution is 5.80. The molecule has 3 N–H and O–H groups in total. The summed E-state index contributed by atoms with van der Waals surface area (Å²) in [5, 5.41) is 0. The van der Waals surface area contributed by atoms with Crippen LogP contribution in [0.5, 0.6) is 0 Å². The number of nitrogens with zero attached hydrogens (tertiary/aromatic N) is 2. The van der Waals surface area contributed by atoms with Crippen molar-refractivity contribution >= 4 is 22.7 Å². The molecule has 1 atom stereocenters. The summed E-state index contributed by atoms with van der Waals surface area (Å²) in [6, 6.07) is 5.74. The lowest BCUT2D eigenvalue weighted by Gasteiger charge is -2.32. The summed E-state index contributed by atoms with van der Waals surface area (Å²) in [5.74, 6) is 0.914. The van der Waals surface area contributed by atoms with Gasteiger partial charge < -0.3 is 20.4 Å². The molecule has 1 saturated heterocycles. The van der Waals surface area contributed by atoms with Gasteiger partial charge in [0.25, 0.3) is 0 Å². The normalized spacial score (nSPS) is 20.5. The second-order valence-corrected chi connectivity index (χ2v) is 4.68. The van der Waals surface area contributed by atoms with Gasteiger partial charge in [0.15, 0.2) is 0 Å². The van der Waals surface area contributed by atoms with Crippen molar-refractivity contribution in [3.05, 3.63) is 18.2 Å². The molecule has 1 unspecified atom stereocenters. The van der Waals surface area contributed by atoms with Crippen molar-refractivity contribution in [2.24, 2.45) is 0 Å². The number of nitrogen functional groups attached to an aromatic ring is 1. The van der Waals surface area contributed by atoms with E-state index in [2.05, 4.69) is 21.8 Å². The van der Waals surface area contributed by atoms with Crippen LogP contribution >= 0.6 is 0 Å². The zero-order valence-electron chi connectivity index (χ0n) is 10.5. The Balaban J connectivity index is 1.89. The maximum atomic E-state index is 5.77. The molecule has 0 spiro atoms. The first-order valence-corrected chi connectivity index (χ1v) is 6.38. The zero-order valence-corrected chi connectivity index (χ0v) is 10.5. The van der Waals surface area contributed by atoms with Crippen LogP contribution in [0.25, 0.3) is 11.0 Å². The molecule has 18 heavy (non-hydrogen) atoms. The fourth-order valence-corrected chi connectivity index (χ4v) is 2.32. The number of imidazole rings is 1. The van der Waals surface area contributed by atoms with Gasteiger partial charge in [-0.05, 0) is 24.6 Å². The van der Waals surface area contributed by atoms with Crippen molar-refractivity contribution in [3.63, 3.8) is 0 Å². The van der Waals surface area contributed by atoms with E-state index < -0.39 is 0 Å². The Labute approximate surface area is 106 Å². The lowest BCUT2D eigenvalue weighted by atomic mass is 10.2. The fourth-order valence-electron chi connectivity index (χ4n) is 2.32. The van der Waals surface area contributed by atoms with Gasteiger partial charge in [-0.25, -0.2) is 4.98 Å². The lowest BCUT2D eigenvalue weighted by Crippen LogP contribution is -2.42. The maximum absolute atomic E-state index is 5.77. The minimum atomic E-state index is 0.303. The standard InChI is InChI=1S/C13H18N4O/c1-2-10-8-17(5-6-18-10)13-15-11-4-3-9(14)7-12(11)16-13/h3-4,7,10H,2,5-6,8,14H2,1H3,(H,15,16). The summed E-state index contributed by atoms with van der Waals surface area (Å²) in [4.78, 5) is 10.2. The first kappa shape index (κ1) is 11.3. The second kappa shape index (κ2) is 4.49. The van der Waals surface area contributed by atoms with Gasteiger partial charge in [-0.3, -0.25) is 0 Å². The molecule has 0 bridgehead atoms. The highest BCUT2D eigenvalue weighted by Crippen LogP contribution is 2.21. The first-order valence-electron chi connectivity index (χ1n) is 6.38. The van der Waals surface area contributed by atoms with E-state index in [0.29, 0.717) is 6.10 Å². The number of aromatic amines is 1. The summed E-state index contributed by atoms with van der Waals surface area (Å²) in [6.45, 7) is 4.68. The van der Waals surface area contributed by atoms with E-state index in [9.17, 15) is 0 Å². The largest absolute Gasteiger partial charge is 0.399 e.